The summed E-state index contributed by atoms with van der Waals surface area (Å²) >= 11 is 2.83. The van der Waals surface area contributed by atoms with Crippen LogP contribution in [0.4, 0.5) is 5.69 Å². The molecule has 0 aliphatic heterocycles. The van der Waals surface area contributed by atoms with Gasteiger partial charge in [0.05, 0.1) is 24.0 Å². The SMILES string of the molecule is CCOC(=O)Cc1csc(S[C@@H](C)C(=O)Nc2ccccc2[C@@H](C)CC)n1. The molecule has 7 heteroatoms. The van der Waals surface area contributed by atoms with Gasteiger partial charge in [-0.2, -0.15) is 0 Å². The number of thiazole rings is 1. The van der Waals surface area contributed by atoms with E-state index >= 15 is 0 Å². The van der Waals surface area contributed by atoms with Crippen LogP contribution in [0.25, 0.3) is 0 Å². The fourth-order valence-electron chi connectivity index (χ4n) is 2.48. The first-order valence-corrected chi connectivity index (χ1v) is 10.9. The minimum absolute atomic E-state index is 0.0575. The van der Waals surface area contributed by atoms with Crippen molar-refractivity contribution in [3.8, 4) is 0 Å². The van der Waals surface area contributed by atoms with Gasteiger partial charge in [-0.15, -0.1) is 11.3 Å². The molecule has 2 rings (SSSR count). The summed E-state index contributed by atoms with van der Waals surface area (Å²) in [5.41, 5.74) is 2.69. The smallest absolute Gasteiger partial charge is 0.311 e. The number of aromatic nitrogens is 1. The Labute approximate surface area is 168 Å². The zero-order chi connectivity index (χ0) is 19.8. The van der Waals surface area contributed by atoms with Gasteiger partial charge in [-0.1, -0.05) is 43.8 Å². The molecule has 146 valence electrons. The number of rotatable bonds is 9. The van der Waals surface area contributed by atoms with E-state index in [2.05, 4.69) is 30.2 Å². The van der Waals surface area contributed by atoms with Gasteiger partial charge < -0.3 is 10.1 Å². The third kappa shape index (κ3) is 6.36. The van der Waals surface area contributed by atoms with Gasteiger partial charge in [0.15, 0.2) is 4.34 Å². The van der Waals surface area contributed by atoms with Gasteiger partial charge in [-0.3, -0.25) is 9.59 Å². The van der Waals surface area contributed by atoms with Crippen LogP contribution in [0.15, 0.2) is 34.0 Å². The van der Waals surface area contributed by atoms with Crippen LogP contribution >= 0.6 is 23.1 Å². The van der Waals surface area contributed by atoms with Gasteiger partial charge in [0.1, 0.15) is 0 Å². The topological polar surface area (TPSA) is 68.3 Å². The zero-order valence-corrected chi connectivity index (χ0v) is 17.8. The predicted octanol–water partition coefficient (Wildman–Crippen LogP) is 4.88. The first kappa shape index (κ1) is 21.4. The molecule has 0 saturated carbocycles. The number of thioether (sulfide) groups is 1. The Morgan fingerprint density at radius 1 is 1.26 bits per heavy atom. The lowest BCUT2D eigenvalue weighted by Gasteiger charge is -2.17. The molecule has 0 bridgehead atoms. The van der Waals surface area contributed by atoms with E-state index in [-0.39, 0.29) is 23.5 Å². The largest absolute Gasteiger partial charge is 0.466 e. The number of carbonyl (C=O) groups is 2. The number of hydrogen-bond acceptors (Lipinski definition) is 6. The first-order valence-electron chi connectivity index (χ1n) is 9.11. The molecule has 0 radical (unpaired) electrons. The Morgan fingerprint density at radius 3 is 2.70 bits per heavy atom. The van der Waals surface area contributed by atoms with Crippen molar-refractivity contribution in [2.24, 2.45) is 0 Å². The fourth-order valence-corrected chi connectivity index (χ4v) is 4.46. The molecular formula is C20H26N2O3S2. The molecule has 0 aliphatic carbocycles. The standard InChI is InChI=1S/C20H26N2O3S2/c1-5-13(3)16-9-7-8-10-17(16)22-19(24)14(4)27-20-21-15(12-26-20)11-18(23)25-6-2/h7-10,12-14H,5-6,11H2,1-4H3,(H,22,24)/t13-,14-/m0/s1. The highest BCUT2D eigenvalue weighted by Gasteiger charge is 2.19. The quantitative estimate of drug-likeness (QED) is 0.475. The molecule has 0 saturated heterocycles. The number of nitrogens with zero attached hydrogens (tertiary/aromatic N) is 1. The summed E-state index contributed by atoms with van der Waals surface area (Å²) in [5.74, 6) is 0.0403. The second-order valence-electron chi connectivity index (χ2n) is 6.23. The third-order valence-electron chi connectivity index (χ3n) is 4.17. The maximum atomic E-state index is 12.6. The van der Waals surface area contributed by atoms with Gasteiger partial charge in [0, 0.05) is 11.1 Å². The number of amides is 1. The van der Waals surface area contributed by atoms with Gasteiger partial charge in [-0.25, -0.2) is 4.98 Å². The van der Waals surface area contributed by atoms with Gasteiger partial charge in [0.25, 0.3) is 0 Å². The highest BCUT2D eigenvalue weighted by Crippen LogP contribution is 2.30. The number of esters is 1. The lowest BCUT2D eigenvalue weighted by molar-refractivity contribution is -0.142. The van der Waals surface area contributed by atoms with E-state index in [1.165, 1.54) is 23.1 Å². The van der Waals surface area contributed by atoms with E-state index in [0.29, 0.717) is 18.2 Å². The van der Waals surface area contributed by atoms with Crippen molar-refractivity contribution < 1.29 is 14.3 Å². The number of nitrogens with one attached hydrogen (secondary N) is 1. The number of benzene rings is 1. The van der Waals surface area contributed by atoms with Crippen LogP contribution in [0.2, 0.25) is 0 Å². The van der Waals surface area contributed by atoms with Crippen molar-refractivity contribution in [1.29, 1.82) is 0 Å². The Morgan fingerprint density at radius 2 is 2.00 bits per heavy atom. The van der Waals surface area contributed by atoms with Crippen LogP contribution in [0.5, 0.6) is 0 Å². The molecule has 1 aromatic carbocycles. The maximum absolute atomic E-state index is 12.6. The number of anilines is 1. The Balaban J connectivity index is 1.97. The summed E-state index contributed by atoms with van der Waals surface area (Å²) in [7, 11) is 0. The van der Waals surface area contributed by atoms with Crippen molar-refractivity contribution in [2.45, 2.75) is 56.0 Å². The molecule has 5 nitrogen and oxygen atoms in total. The lowest BCUT2D eigenvalue weighted by atomic mass is 9.97. The van der Waals surface area contributed by atoms with Crippen molar-refractivity contribution in [3.63, 3.8) is 0 Å². The summed E-state index contributed by atoms with van der Waals surface area (Å²) < 4.78 is 5.71. The molecule has 0 aliphatic rings. The minimum Gasteiger partial charge on any atom is -0.466 e. The van der Waals surface area contributed by atoms with Crippen LogP contribution in [0.3, 0.4) is 0 Å². The number of carbonyl (C=O) groups excluding carboxylic acids is 2. The lowest BCUT2D eigenvalue weighted by Crippen LogP contribution is -2.23. The van der Waals surface area contributed by atoms with Crippen LogP contribution in [0, 0.1) is 0 Å². The maximum Gasteiger partial charge on any atom is 0.311 e. The summed E-state index contributed by atoms with van der Waals surface area (Å²) in [6.45, 7) is 8.29. The average molecular weight is 407 g/mol. The first-order chi connectivity index (χ1) is 12.9. The highest BCUT2D eigenvalue weighted by molar-refractivity contribution is 8.02. The second-order valence-corrected chi connectivity index (χ2v) is 8.68. The molecule has 1 heterocycles. The van der Waals surface area contributed by atoms with E-state index in [4.69, 9.17) is 4.74 Å². The van der Waals surface area contributed by atoms with E-state index in [1.807, 2.05) is 30.5 Å². The molecule has 0 spiro atoms. The van der Waals surface area contributed by atoms with Crippen LogP contribution in [0.1, 0.15) is 51.3 Å². The van der Waals surface area contributed by atoms with Crippen LogP contribution < -0.4 is 5.32 Å². The monoisotopic (exact) mass is 406 g/mol. The summed E-state index contributed by atoms with van der Waals surface area (Å²) in [4.78, 5) is 28.6. The summed E-state index contributed by atoms with van der Waals surface area (Å²) in [6.07, 6.45) is 1.17. The van der Waals surface area contributed by atoms with E-state index < -0.39 is 0 Å². The molecule has 1 N–H and O–H groups in total. The van der Waals surface area contributed by atoms with Crippen molar-refractivity contribution in [2.75, 3.05) is 11.9 Å². The van der Waals surface area contributed by atoms with E-state index in [9.17, 15) is 9.59 Å². The minimum atomic E-state index is -0.295. The normalized spacial score (nSPS) is 13.0. The second kappa shape index (κ2) is 10.5. The molecule has 2 atom stereocenters. The van der Waals surface area contributed by atoms with Gasteiger partial charge in [0.2, 0.25) is 5.91 Å². The van der Waals surface area contributed by atoms with Crippen LogP contribution in [-0.4, -0.2) is 28.7 Å². The zero-order valence-electron chi connectivity index (χ0n) is 16.2. The van der Waals surface area contributed by atoms with E-state index in [0.717, 1.165) is 22.0 Å². The highest BCUT2D eigenvalue weighted by atomic mass is 32.2. The van der Waals surface area contributed by atoms with Crippen molar-refractivity contribution in [1.82, 2.24) is 4.98 Å². The van der Waals surface area contributed by atoms with Crippen molar-refractivity contribution in [3.05, 3.63) is 40.9 Å². The molecular weight excluding hydrogens is 380 g/mol. The summed E-state index contributed by atoms with van der Waals surface area (Å²) in [5, 5.41) is 4.59. The average Bonchev–Trinajstić information content (AvgIpc) is 3.08. The molecule has 0 unspecified atom stereocenters. The van der Waals surface area contributed by atoms with Crippen molar-refractivity contribution >= 4 is 40.7 Å². The molecule has 0 fully saturated rings. The third-order valence-corrected chi connectivity index (χ3v) is 6.29. The van der Waals surface area contributed by atoms with Gasteiger partial charge in [-0.05, 0) is 37.8 Å². The van der Waals surface area contributed by atoms with Gasteiger partial charge >= 0.3 is 5.97 Å². The number of para-hydroxylation sites is 1. The molecule has 27 heavy (non-hydrogen) atoms. The van der Waals surface area contributed by atoms with E-state index in [1.54, 1.807) is 6.92 Å². The molecule has 1 amide bonds. The Bertz CT molecular complexity index is 776. The van der Waals surface area contributed by atoms with Crippen LogP contribution in [-0.2, 0) is 20.7 Å². The Kier molecular flexibility index (Phi) is 8.31. The fraction of sp³-hybridized carbons (Fsp3) is 0.450. The predicted molar refractivity (Wildman–Crippen MR) is 112 cm³/mol. The summed E-state index contributed by atoms with van der Waals surface area (Å²) in [6, 6.07) is 7.93. The Hall–Kier alpha value is -1.86. The number of ether oxygens (including phenoxy) is 1. The number of hydrogen-bond donors (Lipinski definition) is 1. The molecule has 2 aromatic rings. The molecule has 1 aromatic heterocycles.